The van der Waals surface area contributed by atoms with Gasteiger partial charge in [-0.2, -0.15) is 0 Å². The maximum Gasteiger partial charge on any atom is 0.233 e. The van der Waals surface area contributed by atoms with Crippen molar-refractivity contribution in [3.8, 4) is 17.1 Å². The Kier molecular flexibility index (Phi) is 8.45. The van der Waals surface area contributed by atoms with E-state index in [0.29, 0.717) is 23.7 Å². The van der Waals surface area contributed by atoms with Gasteiger partial charge >= 0.3 is 0 Å². The van der Waals surface area contributed by atoms with E-state index in [-0.39, 0.29) is 5.82 Å². The lowest BCUT2D eigenvalue weighted by Crippen LogP contribution is -2.15. The number of ether oxygens (including phenoxy) is 1. The first-order chi connectivity index (χ1) is 14.2. The van der Waals surface area contributed by atoms with E-state index in [0.717, 1.165) is 23.8 Å². The van der Waals surface area contributed by atoms with Crippen molar-refractivity contribution in [2.24, 2.45) is 11.8 Å². The van der Waals surface area contributed by atoms with Crippen molar-refractivity contribution in [1.29, 1.82) is 0 Å². The van der Waals surface area contributed by atoms with Crippen LogP contribution in [0.3, 0.4) is 0 Å². The summed E-state index contributed by atoms with van der Waals surface area (Å²) < 4.78 is 19.9. The number of benzene rings is 1. The zero-order valence-electron chi connectivity index (χ0n) is 18.0. The summed E-state index contributed by atoms with van der Waals surface area (Å²) in [6.45, 7) is 4.71. The third kappa shape index (κ3) is 6.52. The van der Waals surface area contributed by atoms with Gasteiger partial charge in [0.1, 0.15) is 5.82 Å². The summed E-state index contributed by atoms with van der Waals surface area (Å²) in [5.74, 6) is 2.00. The van der Waals surface area contributed by atoms with E-state index in [1.807, 2.05) is 19.1 Å². The summed E-state index contributed by atoms with van der Waals surface area (Å²) in [7, 11) is 0. The lowest BCUT2D eigenvalue weighted by Gasteiger charge is -2.28. The van der Waals surface area contributed by atoms with Gasteiger partial charge in [-0.3, -0.25) is 0 Å². The van der Waals surface area contributed by atoms with Crippen molar-refractivity contribution in [2.45, 2.75) is 78.1 Å². The summed E-state index contributed by atoms with van der Waals surface area (Å²) in [5.41, 5.74) is 2.12. The van der Waals surface area contributed by atoms with E-state index in [9.17, 15) is 4.39 Å². The second-order valence-electron chi connectivity index (χ2n) is 8.43. The molecule has 4 heteroatoms. The third-order valence-electron chi connectivity index (χ3n) is 6.27. The fraction of sp³-hybridized carbons (Fsp3) is 0.600. The van der Waals surface area contributed by atoms with Gasteiger partial charge in [0.15, 0.2) is 0 Å². The van der Waals surface area contributed by atoms with Gasteiger partial charge in [0, 0.05) is 11.6 Å². The first-order valence-electron chi connectivity index (χ1n) is 11.4. The monoisotopic (exact) mass is 398 g/mol. The number of aryl methyl sites for hydroxylation is 1. The second-order valence-corrected chi connectivity index (χ2v) is 8.43. The lowest BCUT2D eigenvalue weighted by atomic mass is 9.78. The molecule has 1 aliphatic rings. The normalized spacial score (nSPS) is 19.3. The Morgan fingerprint density at radius 3 is 2.31 bits per heavy atom. The average Bonchev–Trinajstić information content (AvgIpc) is 2.74. The van der Waals surface area contributed by atoms with Crippen LogP contribution in [0.25, 0.3) is 11.3 Å². The molecule has 1 aliphatic carbocycles. The summed E-state index contributed by atoms with van der Waals surface area (Å²) in [5, 5.41) is 8.09. The predicted molar refractivity (Wildman–Crippen MR) is 117 cm³/mol. The van der Waals surface area contributed by atoms with Crippen LogP contribution in [0.15, 0.2) is 30.3 Å². The maximum absolute atomic E-state index is 14.6. The molecule has 0 saturated heterocycles. The molecular weight excluding hydrogens is 363 g/mol. The smallest absolute Gasteiger partial charge is 0.233 e. The van der Waals surface area contributed by atoms with Gasteiger partial charge in [0.05, 0.1) is 12.3 Å². The summed E-state index contributed by atoms with van der Waals surface area (Å²) in [4.78, 5) is 0. The molecule has 1 aromatic carbocycles. The Morgan fingerprint density at radius 1 is 0.931 bits per heavy atom. The fourth-order valence-electron chi connectivity index (χ4n) is 4.47. The summed E-state index contributed by atoms with van der Waals surface area (Å²) in [6.07, 6.45) is 13.1. The van der Waals surface area contributed by atoms with Gasteiger partial charge in [-0.1, -0.05) is 64.4 Å². The third-order valence-corrected chi connectivity index (χ3v) is 6.27. The molecule has 1 heterocycles. The number of rotatable bonds is 10. The summed E-state index contributed by atoms with van der Waals surface area (Å²) in [6, 6.07) is 9.03. The molecule has 3 rings (SSSR count). The van der Waals surface area contributed by atoms with E-state index in [4.69, 9.17) is 4.74 Å². The van der Waals surface area contributed by atoms with Crippen LogP contribution in [-0.4, -0.2) is 16.8 Å². The van der Waals surface area contributed by atoms with E-state index < -0.39 is 0 Å². The number of halogens is 1. The van der Waals surface area contributed by atoms with Gasteiger partial charge in [-0.15, -0.1) is 10.2 Å². The van der Waals surface area contributed by atoms with Gasteiger partial charge in [0.25, 0.3) is 0 Å². The highest BCUT2D eigenvalue weighted by atomic mass is 19.1. The van der Waals surface area contributed by atoms with Crippen LogP contribution < -0.4 is 4.74 Å². The Bertz CT molecular complexity index is 739. The van der Waals surface area contributed by atoms with Crippen LogP contribution in [0, 0.1) is 17.7 Å². The Hall–Kier alpha value is -1.97. The quantitative estimate of drug-likeness (QED) is 0.404. The standard InChI is InChI=1S/C25H35FN2O/c1-3-5-6-7-19-8-10-20(11-9-19)12-13-21-14-15-22(23(26)18-21)24-16-17-25(28-27-24)29-4-2/h14-20H,3-13H2,1-2H3. The molecule has 0 radical (unpaired) electrons. The van der Waals surface area contributed by atoms with Crippen LogP contribution >= 0.6 is 0 Å². The fourth-order valence-corrected chi connectivity index (χ4v) is 4.47. The first-order valence-corrected chi connectivity index (χ1v) is 11.4. The van der Waals surface area contributed by atoms with E-state index in [1.165, 1.54) is 57.8 Å². The molecule has 0 aliphatic heterocycles. The molecule has 158 valence electrons. The second kappa shape index (κ2) is 11.3. The highest BCUT2D eigenvalue weighted by Crippen LogP contribution is 2.34. The van der Waals surface area contributed by atoms with Crippen LogP contribution in [-0.2, 0) is 6.42 Å². The number of nitrogens with zero attached hydrogens (tertiary/aromatic N) is 2. The molecular formula is C25H35FN2O. The van der Waals surface area contributed by atoms with E-state index in [2.05, 4.69) is 17.1 Å². The topological polar surface area (TPSA) is 35.0 Å². The minimum Gasteiger partial charge on any atom is -0.477 e. The molecule has 0 spiro atoms. The molecule has 0 atom stereocenters. The molecule has 1 fully saturated rings. The Balaban J connectivity index is 1.48. The summed E-state index contributed by atoms with van der Waals surface area (Å²) >= 11 is 0. The molecule has 3 nitrogen and oxygen atoms in total. The minimum atomic E-state index is -0.222. The zero-order valence-corrected chi connectivity index (χ0v) is 18.0. The lowest BCUT2D eigenvalue weighted by molar-refractivity contribution is 0.249. The van der Waals surface area contributed by atoms with Gasteiger partial charge in [-0.25, -0.2) is 4.39 Å². The predicted octanol–water partition coefficient (Wildman–Crippen LogP) is 7.00. The number of aromatic nitrogens is 2. The molecule has 0 bridgehead atoms. The number of unbranched alkanes of at least 4 members (excludes halogenated alkanes) is 2. The van der Waals surface area contributed by atoms with Crippen LogP contribution in [0.2, 0.25) is 0 Å². The van der Waals surface area contributed by atoms with E-state index >= 15 is 0 Å². The highest BCUT2D eigenvalue weighted by Gasteiger charge is 2.20. The van der Waals surface area contributed by atoms with Gasteiger partial charge in [-0.05, 0) is 55.4 Å². The Morgan fingerprint density at radius 2 is 1.69 bits per heavy atom. The molecule has 29 heavy (non-hydrogen) atoms. The van der Waals surface area contributed by atoms with Crippen molar-refractivity contribution in [3.63, 3.8) is 0 Å². The molecule has 0 N–H and O–H groups in total. The molecule has 2 aromatic rings. The molecule has 1 saturated carbocycles. The Labute approximate surface area is 175 Å². The van der Waals surface area contributed by atoms with Crippen molar-refractivity contribution in [3.05, 3.63) is 41.7 Å². The number of hydrogen-bond donors (Lipinski definition) is 0. The van der Waals surface area contributed by atoms with Gasteiger partial charge in [0.2, 0.25) is 5.88 Å². The maximum atomic E-state index is 14.6. The zero-order chi connectivity index (χ0) is 20.5. The largest absolute Gasteiger partial charge is 0.477 e. The molecule has 0 amide bonds. The average molecular weight is 399 g/mol. The van der Waals surface area contributed by atoms with Gasteiger partial charge < -0.3 is 4.74 Å². The molecule has 1 aromatic heterocycles. The van der Waals surface area contributed by atoms with Crippen molar-refractivity contribution in [1.82, 2.24) is 10.2 Å². The van der Waals surface area contributed by atoms with Crippen molar-refractivity contribution in [2.75, 3.05) is 6.61 Å². The SMILES string of the molecule is CCCCCC1CCC(CCc2ccc(-c3ccc(OCC)nn3)c(F)c2)CC1. The molecule has 0 unspecified atom stereocenters. The number of hydrogen-bond acceptors (Lipinski definition) is 3. The minimum absolute atomic E-state index is 0.222. The highest BCUT2D eigenvalue weighted by molar-refractivity contribution is 5.60. The van der Waals surface area contributed by atoms with Crippen molar-refractivity contribution >= 4 is 0 Å². The first kappa shape index (κ1) is 21.7. The van der Waals surface area contributed by atoms with Crippen LogP contribution in [0.5, 0.6) is 5.88 Å². The van der Waals surface area contributed by atoms with Crippen LogP contribution in [0.1, 0.15) is 77.2 Å². The van der Waals surface area contributed by atoms with Crippen molar-refractivity contribution < 1.29 is 9.13 Å². The van der Waals surface area contributed by atoms with E-state index in [1.54, 1.807) is 18.2 Å². The van der Waals surface area contributed by atoms with Crippen LogP contribution in [0.4, 0.5) is 4.39 Å².